The van der Waals surface area contributed by atoms with Crippen LogP contribution in [0, 0.1) is 11.6 Å². The molecule has 0 radical (unpaired) electrons. The molecule has 24 heavy (non-hydrogen) atoms. The summed E-state index contributed by atoms with van der Waals surface area (Å²) in [5, 5.41) is 11.7. The molecular formula is C17H15F2NO4. The van der Waals surface area contributed by atoms with Gasteiger partial charge in [-0.1, -0.05) is 13.0 Å². The van der Waals surface area contributed by atoms with Gasteiger partial charge in [0, 0.05) is 6.42 Å². The topological polar surface area (TPSA) is 75.6 Å². The third-order valence-corrected chi connectivity index (χ3v) is 3.21. The van der Waals surface area contributed by atoms with E-state index in [4.69, 9.17) is 4.74 Å². The highest BCUT2D eigenvalue weighted by Crippen LogP contribution is 2.23. The lowest BCUT2D eigenvalue weighted by atomic mass is 10.1. The summed E-state index contributed by atoms with van der Waals surface area (Å²) in [7, 11) is 0. The highest BCUT2D eigenvalue weighted by molar-refractivity contribution is 6.00. The Hall–Kier alpha value is -2.96. The Kier molecular flexibility index (Phi) is 5.47. The first-order chi connectivity index (χ1) is 11.4. The van der Waals surface area contributed by atoms with Gasteiger partial charge >= 0.3 is 5.97 Å². The second kappa shape index (κ2) is 7.54. The number of benzene rings is 2. The molecule has 0 heterocycles. The third kappa shape index (κ3) is 4.28. The van der Waals surface area contributed by atoms with Gasteiger partial charge in [0.2, 0.25) is 5.91 Å². The zero-order chi connectivity index (χ0) is 17.7. The number of carboxylic acid groups (broad SMARTS) is 1. The van der Waals surface area contributed by atoms with Gasteiger partial charge in [-0.15, -0.1) is 0 Å². The van der Waals surface area contributed by atoms with Crippen molar-refractivity contribution in [2.75, 3.05) is 5.32 Å². The Morgan fingerprint density at radius 3 is 2.50 bits per heavy atom. The van der Waals surface area contributed by atoms with E-state index in [-0.39, 0.29) is 35.9 Å². The molecule has 0 aliphatic rings. The second-order valence-corrected chi connectivity index (χ2v) is 4.95. The first kappa shape index (κ1) is 17.4. The second-order valence-electron chi connectivity index (χ2n) is 4.95. The van der Waals surface area contributed by atoms with Crippen molar-refractivity contribution in [2.24, 2.45) is 0 Å². The molecule has 126 valence electrons. The van der Waals surface area contributed by atoms with Gasteiger partial charge in [0.1, 0.15) is 12.4 Å². The maximum absolute atomic E-state index is 13.1. The number of carbonyl (C=O) groups is 2. The number of hydrogen-bond donors (Lipinski definition) is 2. The fraction of sp³-hybridized carbons (Fsp3) is 0.176. The van der Waals surface area contributed by atoms with Crippen LogP contribution in [-0.2, 0) is 11.4 Å². The number of ether oxygens (including phenoxy) is 1. The standard InChI is InChI=1S/C17H15F2NO4/c1-2-16(21)20-15-6-4-11(8-12(15)17(22)23)24-9-10-3-5-13(18)14(19)7-10/h3-8H,2,9H2,1H3,(H,20,21)(H,22,23). The fourth-order valence-electron chi connectivity index (χ4n) is 1.93. The Bertz CT molecular complexity index is 777. The van der Waals surface area contributed by atoms with E-state index in [9.17, 15) is 23.5 Å². The molecule has 0 aliphatic heterocycles. The van der Waals surface area contributed by atoms with Crippen molar-refractivity contribution < 1.29 is 28.2 Å². The van der Waals surface area contributed by atoms with Gasteiger partial charge in [-0.2, -0.15) is 0 Å². The lowest BCUT2D eigenvalue weighted by Gasteiger charge is -2.11. The molecule has 0 saturated heterocycles. The van der Waals surface area contributed by atoms with Crippen molar-refractivity contribution in [3.63, 3.8) is 0 Å². The molecule has 0 saturated carbocycles. The lowest BCUT2D eigenvalue weighted by molar-refractivity contribution is -0.115. The van der Waals surface area contributed by atoms with Crippen LogP contribution in [0.3, 0.4) is 0 Å². The summed E-state index contributed by atoms with van der Waals surface area (Å²) in [6, 6.07) is 7.51. The summed E-state index contributed by atoms with van der Waals surface area (Å²) in [4.78, 5) is 22.7. The third-order valence-electron chi connectivity index (χ3n) is 3.21. The number of rotatable bonds is 6. The number of carboxylic acids is 1. The van der Waals surface area contributed by atoms with Gasteiger partial charge in [-0.3, -0.25) is 4.79 Å². The maximum atomic E-state index is 13.1. The van der Waals surface area contributed by atoms with Crippen LogP contribution >= 0.6 is 0 Å². The fourth-order valence-corrected chi connectivity index (χ4v) is 1.93. The van der Waals surface area contributed by atoms with Crippen molar-refractivity contribution in [2.45, 2.75) is 20.0 Å². The molecule has 0 atom stereocenters. The van der Waals surface area contributed by atoms with Crippen LogP contribution < -0.4 is 10.1 Å². The first-order valence-electron chi connectivity index (χ1n) is 7.14. The molecule has 0 aromatic heterocycles. The SMILES string of the molecule is CCC(=O)Nc1ccc(OCc2ccc(F)c(F)c2)cc1C(=O)O. The zero-order valence-electron chi connectivity index (χ0n) is 12.8. The molecule has 0 unspecified atom stereocenters. The van der Waals surface area contributed by atoms with Crippen LogP contribution in [-0.4, -0.2) is 17.0 Å². The van der Waals surface area contributed by atoms with Crippen molar-refractivity contribution in [3.05, 3.63) is 59.2 Å². The molecule has 0 fully saturated rings. The summed E-state index contributed by atoms with van der Waals surface area (Å²) < 4.78 is 31.4. The number of aromatic carboxylic acids is 1. The van der Waals surface area contributed by atoms with Gasteiger partial charge in [0.25, 0.3) is 0 Å². The Morgan fingerprint density at radius 2 is 1.88 bits per heavy atom. The number of nitrogens with one attached hydrogen (secondary N) is 1. The van der Waals surface area contributed by atoms with Gasteiger partial charge in [-0.05, 0) is 35.9 Å². The Morgan fingerprint density at radius 1 is 1.12 bits per heavy atom. The van der Waals surface area contributed by atoms with Crippen molar-refractivity contribution >= 4 is 17.6 Å². The van der Waals surface area contributed by atoms with E-state index >= 15 is 0 Å². The molecule has 7 heteroatoms. The normalized spacial score (nSPS) is 10.3. The van der Waals surface area contributed by atoms with E-state index < -0.39 is 17.6 Å². The number of halogens is 2. The molecule has 2 aromatic carbocycles. The molecule has 2 N–H and O–H groups in total. The van der Waals surface area contributed by atoms with Crippen molar-refractivity contribution in [3.8, 4) is 5.75 Å². The number of hydrogen-bond acceptors (Lipinski definition) is 3. The van der Waals surface area contributed by atoms with E-state index in [1.165, 1.54) is 24.3 Å². The number of carbonyl (C=O) groups excluding carboxylic acids is 1. The van der Waals surface area contributed by atoms with Crippen LogP contribution in [0.2, 0.25) is 0 Å². The minimum Gasteiger partial charge on any atom is -0.489 e. The minimum atomic E-state index is -1.22. The van der Waals surface area contributed by atoms with E-state index in [1.54, 1.807) is 6.92 Å². The molecule has 1 amide bonds. The van der Waals surface area contributed by atoms with Crippen molar-refractivity contribution in [1.82, 2.24) is 0 Å². The Balaban J connectivity index is 2.15. The van der Waals surface area contributed by atoms with Crippen LogP contribution in [0.1, 0.15) is 29.3 Å². The van der Waals surface area contributed by atoms with E-state index in [2.05, 4.69) is 5.32 Å². The molecule has 2 aromatic rings. The largest absolute Gasteiger partial charge is 0.489 e. The molecule has 0 aliphatic carbocycles. The van der Waals surface area contributed by atoms with Crippen LogP contribution in [0.25, 0.3) is 0 Å². The molecule has 2 rings (SSSR count). The predicted molar refractivity (Wildman–Crippen MR) is 83.0 cm³/mol. The molecule has 0 spiro atoms. The average molecular weight is 335 g/mol. The molecule has 0 bridgehead atoms. The molecule has 5 nitrogen and oxygen atoms in total. The van der Waals surface area contributed by atoms with Crippen LogP contribution in [0.15, 0.2) is 36.4 Å². The summed E-state index contributed by atoms with van der Waals surface area (Å²) in [6.45, 7) is 1.59. The van der Waals surface area contributed by atoms with Gasteiger partial charge < -0.3 is 15.2 Å². The summed E-state index contributed by atoms with van der Waals surface area (Å²) in [6.07, 6.45) is 0.216. The quantitative estimate of drug-likeness (QED) is 0.846. The Labute approximate surface area is 136 Å². The van der Waals surface area contributed by atoms with Crippen molar-refractivity contribution in [1.29, 1.82) is 0 Å². The van der Waals surface area contributed by atoms with Crippen LogP contribution in [0.5, 0.6) is 5.75 Å². The van der Waals surface area contributed by atoms with E-state index in [1.807, 2.05) is 0 Å². The predicted octanol–water partition coefficient (Wildman–Crippen LogP) is 3.59. The van der Waals surface area contributed by atoms with Gasteiger partial charge in [0.15, 0.2) is 11.6 Å². The van der Waals surface area contributed by atoms with E-state index in [0.29, 0.717) is 5.56 Å². The molecular weight excluding hydrogens is 320 g/mol. The van der Waals surface area contributed by atoms with Gasteiger partial charge in [-0.25, -0.2) is 13.6 Å². The number of anilines is 1. The van der Waals surface area contributed by atoms with Crippen LogP contribution in [0.4, 0.5) is 14.5 Å². The monoisotopic (exact) mass is 335 g/mol. The maximum Gasteiger partial charge on any atom is 0.337 e. The zero-order valence-corrected chi connectivity index (χ0v) is 12.8. The first-order valence-corrected chi connectivity index (χ1v) is 7.14. The summed E-state index contributed by atoms with van der Waals surface area (Å²) >= 11 is 0. The summed E-state index contributed by atoms with van der Waals surface area (Å²) in [5.41, 5.74) is 0.434. The lowest BCUT2D eigenvalue weighted by Crippen LogP contribution is -2.13. The summed E-state index contributed by atoms with van der Waals surface area (Å²) in [5.74, 6) is -3.25. The minimum absolute atomic E-state index is 0.0586. The highest BCUT2D eigenvalue weighted by Gasteiger charge is 2.13. The smallest absolute Gasteiger partial charge is 0.337 e. The number of amides is 1. The van der Waals surface area contributed by atoms with E-state index in [0.717, 1.165) is 12.1 Å². The van der Waals surface area contributed by atoms with Gasteiger partial charge in [0.05, 0.1) is 11.3 Å². The highest BCUT2D eigenvalue weighted by atomic mass is 19.2. The average Bonchev–Trinajstić information content (AvgIpc) is 2.56.